The summed E-state index contributed by atoms with van der Waals surface area (Å²) < 4.78 is 31.9. The average Bonchev–Trinajstić information content (AvgIpc) is 2.83. The van der Waals surface area contributed by atoms with Crippen LogP contribution in [0.3, 0.4) is 0 Å². The monoisotopic (exact) mass is 346 g/mol. The van der Waals surface area contributed by atoms with Crippen molar-refractivity contribution in [2.45, 2.75) is 63.9 Å². The molecule has 0 saturated heterocycles. The van der Waals surface area contributed by atoms with Crippen LogP contribution in [-0.2, 0) is 14.8 Å². The van der Waals surface area contributed by atoms with Crippen molar-refractivity contribution in [3.8, 4) is 0 Å². The van der Waals surface area contributed by atoms with Gasteiger partial charge >= 0.3 is 0 Å². The molecule has 132 valence electrons. The van der Waals surface area contributed by atoms with Crippen molar-refractivity contribution in [2.75, 3.05) is 6.54 Å². The molecule has 1 heterocycles. The molecular weight excluding hydrogens is 320 g/mol. The number of aromatic nitrogens is 1. The van der Waals surface area contributed by atoms with Crippen LogP contribution >= 0.6 is 0 Å². The van der Waals surface area contributed by atoms with Gasteiger partial charge in [-0.1, -0.05) is 19.0 Å². The summed E-state index contributed by atoms with van der Waals surface area (Å²) in [6.07, 6.45) is 1.42. The molecule has 1 rings (SSSR count). The second kappa shape index (κ2) is 7.41. The van der Waals surface area contributed by atoms with Crippen LogP contribution in [-0.4, -0.2) is 37.6 Å². The summed E-state index contributed by atoms with van der Waals surface area (Å²) in [5, 5.41) is 6.31. The van der Waals surface area contributed by atoms with E-state index in [-0.39, 0.29) is 22.9 Å². The highest BCUT2D eigenvalue weighted by Crippen LogP contribution is 2.18. The normalized spacial score (nSPS) is 13.8. The molecule has 0 bridgehead atoms. The van der Waals surface area contributed by atoms with Crippen LogP contribution in [0.5, 0.6) is 0 Å². The van der Waals surface area contributed by atoms with Gasteiger partial charge in [-0.25, -0.2) is 8.42 Å². The first kappa shape index (κ1) is 19.6. The zero-order valence-corrected chi connectivity index (χ0v) is 15.1. The molecule has 0 radical (unpaired) electrons. The first-order chi connectivity index (χ1) is 10.6. The van der Waals surface area contributed by atoms with Crippen molar-refractivity contribution < 1.29 is 17.7 Å². The lowest BCUT2D eigenvalue weighted by atomic mass is 9.94. The van der Waals surface area contributed by atoms with Gasteiger partial charge in [-0.2, -0.15) is 4.72 Å². The summed E-state index contributed by atoms with van der Waals surface area (Å²) in [6.45, 7) is 8.68. The number of amides is 1. The first-order valence-corrected chi connectivity index (χ1v) is 9.06. The minimum absolute atomic E-state index is 0.0348. The maximum Gasteiger partial charge on any atom is 0.246 e. The molecule has 8 nitrogen and oxygen atoms in total. The highest BCUT2D eigenvalue weighted by atomic mass is 32.2. The summed E-state index contributed by atoms with van der Waals surface area (Å²) in [4.78, 5) is 12.1. The van der Waals surface area contributed by atoms with Crippen molar-refractivity contribution >= 4 is 15.9 Å². The summed E-state index contributed by atoms with van der Waals surface area (Å²) in [5.74, 6) is -0.252. The Morgan fingerprint density at radius 3 is 2.35 bits per heavy atom. The molecule has 1 unspecified atom stereocenters. The van der Waals surface area contributed by atoms with Gasteiger partial charge in [-0.05, 0) is 33.6 Å². The molecule has 23 heavy (non-hydrogen) atoms. The van der Waals surface area contributed by atoms with E-state index in [2.05, 4.69) is 15.2 Å². The second-order valence-corrected chi connectivity index (χ2v) is 7.43. The minimum atomic E-state index is -3.89. The summed E-state index contributed by atoms with van der Waals surface area (Å²) in [6, 6.07) is -0.938. The van der Waals surface area contributed by atoms with Crippen molar-refractivity contribution in [3.05, 3.63) is 11.5 Å². The third-order valence-electron chi connectivity index (χ3n) is 3.98. The van der Waals surface area contributed by atoms with E-state index in [4.69, 9.17) is 10.3 Å². The highest BCUT2D eigenvalue weighted by molar-refractivity contribution is 7.89. The van der Waals surface area contributed by atoms with Gasteiger partial charge in [-0.3, -0.25) is 4.79 Å². The van der Waals surface area contributed by atoms with E-state index < -0.39 is 27.5 Å². The molecule has 9 heteroatoms. The molecular formula is C14H26N4O4S. The molecule has 1 atom stereocenters. The van der Waals surface area contributed by atoms with Crippen LogP contribution < -0.4 is 15.8 Å². The number of nitrogens with two attached hydrogens (primary N) is 1. The Bertz CT molecular complexity index is 630. The van der Waals surface area contributed by atoms with Crippen molar-refractivity contribution in [1.29, 1.82) is 0 Å². The maximum absolute atomic E-state index is 12.3. The third kappa shape index (κ3) is 4.76. The van der Waals surface area contributed by atoms with E-state index in [1.54, 1.807) is 0 Å². The predicted octanol–water partition coefficient (Wildman–Crippen LogP) is 0.592. The van der Waals surface area contributed by atoms with Gasteiger partial charge in [0.05, 0.1) is 6.04 Å². The standard InChI is InChI=1S/C14H26N4O4S/c1-6-14(15,7-2)8-16-13(19)10(4)18-23(20,21)12-9(3)17-22-11(12)5/h10,18H,6-8,15H2,1-5H3,(H,16,19). The Kier molecular flexibility index (Phi) is 6.32. The van der Waals surface area contributed by atoms with Gasteiger partial charge in [0.25, 0.3) is 0 Å². The number of nitrogens with one attached hydrogen (secondary N) is 2. The SMILES string of the molecule is CCC(N)(CC)CNC(=O)C(C)NS(=O)(=O)c1c(C)noc1C. The van der Waals surface area contributed by atoms with Crippen LogP contribution in [0.2, 0.25) is 0 Å². The molecule has 0 aromatic carbocycles. The summed E-state index contributed by atoms with van der Waals surface area (Å²) in [5.41, 5.74) is 5.88. The van der Waals surface area contributed by atoms with Crippen molar-refractivity contribution in [1.82, 2.24) is 15.2 Å². The Labute approximate surface area is 137 Å². The highest BCUT2D eigenvalue weighted by Gasteiger charge is 2.29. The fourth-order valence-corrected chi connectivity index (χ4v) is 3.65. The van der Waals surface area contributed by atoms with E-state index in [0.29, 0.717) is 12.8 Å². The first-order valence-electron chi connectivity index (χ1n) is 7.58. The average molecular weight is 346 g/mol. The molecule has 0 saturated carbocycles. The van der Waals surface area contributed by atoms with E-state index in [9.17, 15) is 13.2 Å². The molecule has 0 aliphatic heterocycles. The van der Waals surface area contributed by atoms with Crippen molar-refractivity contribution in [2.24, 2.45) is 5.73 Å². The summed E-state index contributed by atoms with van der Waals surface area (Å²) >= 11 is 0. The van der Waals surface area contributed by atoms with E-state index in [0.717, 1.165) is 0 Å². The lowest BCUT2D eigenvalue weighted by molar-refractivity contribution is -0.122. The lowest BCUT2D eigenvalue weighted by Crippen LogP contribution is -2.53. The Morgan fingerprint density at radius 2 is 1.91 bits per heavy atom. The van der Waals surface area contributed by atoms with Crippen molar-refractivity contribution in [3.63, 3.8) is 0 Å². The Balaban J connectivity index is 2.75. The number of hydrogen-bond donors (Lipinski definition) is 3. The lowest BCUT2D eigenvalue weighted by Gasteiger charge is -2.27. The van der Waals surface area contributed by atoms with Crippen LogP contribution in [0.25, 0.3) is 0 Å². The van der Waals surface area contributed by atoms with Gasteiger partial charge < -0.3 is 15.6 Å². The molecule has 1 aromatic rings. The molecule has 0 spiro atoms. The van der Waals surface area contributed by atoms with E-state index in [1.165, 1.54) is 20.8 Å². The number of hydrogen-bond acceptors (Lipinski definition) is 6. The van der Waals surface area contributed by atoms with E-state index in [1.807, 2.05) is 13.8 Å². The fraction of sp³-hybridized carbons (Fsp3) is 0.714. The van der Waals surface area contributed by atoms with Gasteiger partial charge in [0, 0.05) is 12.1 Å². The number of carbonyl (C=O) groups is 1. The van der Waals surface area contributed by atoms with Gasteiger partial charge in [-0.15, -0.1) is 0 Å². The number of sulfonamides is 1. The van der Waals surface area contributed by atoms with Crippen LogP contribution in [0.1, 0.15) is 45.1 Å². The largest absolute Gasteiger partial charge is 0.360 e. The maximum atomic E-state index is 12.3. The molecule has 0 aliphatic rings. The molecule has 0 aliphatic carbocycles. The van der Waals surface area contributed by atoms with Gasteiger partial charge in [0.2, 0.25) is 15.9 Å². The van der Waals surface area contributed by atoms with Crippen LogP contribution in [0.4, 0.5) is 0 Å². The smallest absolute Gasteiger partial charge is 0.246 e. The summed E-state index contributed by atoms with van der Waals surface area (Å²) in [7, 11) is -3.89. The zero-order valence-electron chi connectivity index (χ0n) is 14.3. The molecule has 4 N–H and O–H groups in total. The van der Waals surface area contributed by atoms with Gasteiger partial charge in [0.15, 0.2) is 5.76 Å². The molecule has 1 amide bonds. The molecule has 0 fully saturated rings. The van der Waals surface area contributed by atoms with Crippen LogP contribution in [0, 0.1) is 13.8 Å². The Hall–Kier alpha value is -1.45. The van der Waals surface area contributed by atoms with E-state index >= 15 is 0 Å². The fourth-order valence-electron chi connectivity index (χ4n) is 2.12. The number of aryl methyl sites for hydroxylation is 2. The third-order valence-corrected chi connectivity index (χ3v) is 5.77. The van der Waals surface area contributed by atoms with Crippen LogP contribution in [0.15, 0.2) is 9.42 Å². The molecule has 1 aromatic heterocycles. The predicted molar refractivity (Wildman–Crippen MR) is 86.3 cm³/mol. The number of carbonyl (C=O) groups excluding carboxylic acids is 1. The zero-order chi connectivity index (χ0) is 17.8. The minimum Gasteiger partial charge on any atom is -0.360 e. The number of rotatable bonds is 8. The Morgan fingerprint density at radius 1 is 1.35 bits per heavy atom. The van der Waals surface area contributed by atoms with Gasteiger partial charge in [0.1, 0.15) is 10.6 Å². The quantitative estimate of drug-likeness (QED) is 0.632. The number of nitrogens with zero attached hydrogens (tertiary/aromatic N) is 1. The topological polar surface area (TPSA) is 127 Å². The second-order valence-electron chi connectivity index (χ2n) is 5.78.